The number of benzene rings is 4. The summed E-state index contributed by atoms with van der Waals surface area (Å²) in [6.07, 6.45) is 28.2. The maximum atomic E-state index is 9.74. The van der Waals surface area contributed by atoms with E-state index in [0.717, 1.165) is 159 Å². The topological polar surface area (TPSA) is 377 Å². The van der Waals surface area contributed by atoms with Gasteiger partial charge < -0.3 is 77.9 Å². The van der Waals surface area contributed by atoms with Crippen LogP contribution in [0.15, 0.2) is 170 Å². The van der Waals surface area contributed by atoms with Gasteiger partial charge in [-0.1, -0.05) is 118 Å². The zero-order chi connectivity index (χ0) is 87.6. The Hall–Kier alpha value is -12.3. The molecule has 31 heteroatoms. The number of hydrogen-bond acceptors (Lipinski definition) is 26. The normalized spacial score (nSPS) is 16.4. The van der Waals surface area contributed by atoms with Crippen LogP contribution in [0, 0.1) is 40.2 Å². The third-order valence-electron chi connectivity index (χ3n) is 23.2. The summed E-state index contributed by atoms with van der Waals surface area (Å²) in [4.78, 5) is 40.6. The van der Waals surface area contributed by atoms with E-state index < -0.39 is 0 Å². The first kappa shape index (κ1) is 91.4. The molecule has 4 fully saturated rings. The van der Waals surface area contributed by atoms with E-state index in [4.69, 9.17) is 61.9 Å². The number of hydrogen-bond donors (Lipinski definition) is 13. The number of aliphatic hydroxyl groups is 4. The van der Waals surface area contributed by atoms with Gasteiger partial charge in [-0.15, -0.1) is 20.4 Å². The van der Waals surface area contributed by atoms with Crippen LogP contribution in [-0.2, 0) is 4.74 Å². The number of aliphatic hydroxyl groups excluding tert-OH is 4. The molecule has 12 aromatic rings. The lowest BCUT2D eigenvalue weighted by atomic mass is 9.87. The van der Waals surface area contributed by atoms with Gasteiger partial charge in [0.05, 0.1) is 130 Å². The maximum absolute atomic E-state index is 9.74. The molecule has 13 N–H and O–H groups in total. The van der Waals surface area contributed by atoms with Crippen LogP contribution in [-0.4, -0.2) is 209 Å². The zero-order valence-corrected chi connectivity index (χ0v) is 73.3. The van der Waals surface area contributed by atoms with Gasteiger partial charge in [0.25, 0.3) is 0 Å². The van der Waals surface area contributed by atoms with Crippen molar-refractivity contribution in [1.82, 2.24) is 84.3 Å². The molecule has 8 heterocycles. The molecule has 16 rings (SSSR count). The van der Waals surface area contributed by atoms with Gasteiger partial charge in [-0.05, 0) is 190 Å². The zero-order valence-electron chi connectivity index (χ0n) is 73.3. The van der Waals surface area contributed by atoms with E-state index in [0.29, 0.717) is 107 Å². The Balaban J connectivity index is 0.000000144. The van der Waals surface area contributed by atoms with E-state index in [1.165, 1.54) is 77.0 Å². The third kappa shape index (κ3) is 25.5. The van der Waals surface area contributed by atoms with Crippen LogP contribution < -0.4 is 47.9 Å². The van der Waals surface area contributed by atoms with Gasteiger partial charge in [-0.25, -0.2) is 65.2 Å². The molecule has 31 nitrogen and oxygen atoms in total. The Morgan fingerprint density at radius 2 is 0.698 bits per heavy atom. The highest BCUT2D eigenvalue weighted by atomic mass is 16.5. The summed E-state index contributed by atoms with van der Waals surface area (Å²) < 4.78 is 13.1. The highest BCUT2D eigenvalue weighted by Crippen LogP contribution is 2.38. The first-order valence-corrected chi connectivity index (χ1v) is 44.9. The molecule has 126 heavy (non-hydrogen) atoms. The molecule has 0 aliphatic heterocycles. The van der Waals surface area contributed by atoms with E-state index in [1.807, 2.05) is 184 Å². The Labute approximate surface area is 739 Å². The number of rotatable bonds is 35. The van der Waals surface area contributed by atoms with Crippen molar-refractivity contribution in [2.45, 2.75) is 187 Å². The van der Waals surface area contributed by atoms with Gasteiger partial charge in [-0.2, -0.15) is 0 Å². The molecule has 0 unspecified atom stereocenters. The van der Waals surface area contributed by atoms with Crippen LogP contribution in [0.1, 0.15) is 152 Å². The standard InChI is InChI=1S/C24H33N7O.C24H32N6O2.C24H32N6O.C23H27N7O/c1-18-22(21-12-13-27-24(29-21)28-19-8-4-2-5-9-19)23(26-15-14-25-16-17-32)30-31(18)20-10-6-3-7-11-20;1-18-22(21-12-13-26-24(28-21)27-19-8-4-2-5-9-19)23(25-14-16-32-17-15-31)29-30(18)20-10-6-3-7-11-20;1-17-9-11-19(12-10-17)27-24-26-15-13-21(28-24)22-18(2)30(20-7-4-3-5-8-20)29-23(22)25-14-6-16-31;1-16-21(20-12-13-26-23(28-20)27-17-8-10-19(31)11-9-17)22(25-15-14-24-2)29-30(16)18-6-4-3-5-7-18/h3,6-7,10-13,19,25,32H,2,4-5,8-9,14-17H2,1H3,(H,26,30)(H,27,28,29);3,6-7,10-13,19,31H,2,4-5,8-9,14-17H2,1H3,(H,25,29)(H,26,27,28);3-5,7-8,13,15,17,19,31H,6,9-12,14,16H2,1-2H3,(H,25,29)(H,26,27,28);3-7,12-13,17,19,31H,8-11,14-15H2,1H3,(H,25,29)(H,26,27,28). The van der Waals surface area contributed by atoms with Gasteiger partial charge in [0.15, 0.2) is 23.3 Å². The van der Waals surface area contributed by atoms with Crippen molar-refractivity contribution >= 4 is 47.1 Å². The Kier molecular flexibility index (Phi) is 34.6. The van der Waals surface area contributed by atoms with Crippen LogP contribution in [0.4, 0.5) is 47.1 Å². The number of nitrogens with zero attached hydrogens (tertiary/aromatic N) is 17. The van der Waals surface area contributed by atoms with E-state index in [1.54, 1.807) is 12.4 Å². The molecule has 0 spiro atoms. The number of ether oxygens (including phenoxy) is 1. The number of para-hydroxylation sites is 4. The first-order chi connectivity index (χ1) is 61.8. The van der Waals surface area contributed by atoms with Gasteiger partial charge in [0.2, 0.25) is 30.3 Å². The average Bonchev–Trinajstić information content (AvgIpc) is 1.65. The SMILES string of the molecule is Cc1c(-c2ccnc(NC3CCC(C)CC3)n2)c(NCCCO)nn1-c1ccccc1.Cc1c(-c2ccnc(NC3CCCCC3)n2)c(NCCNCCO)nn1-c1ccccc1.Cc1c(-c2ccnc(NC3CCCCC3)n2)c(NCCOCCO)nn1-c1ccccc1.[C-]#[N+]CCNc1nn(-c2ccccc2)c(C)c1-c1ccnc(NC2CCC(O)CC2)n1. The van der Waals surface area contributed by atoms with E-state index in [9.17, 15) is 10.2 Å². The summed E-state index contributed by atoms with van der Waals surface area (Å²) >= 11 is 0. The minimum absolute atomic E-state index is 0.0186. The molecule has 0 saturated heterocycles. The summed E-state index contributed by atoms with van der Waals surface area (Å²) in [6.45, 7) is 22.8. The predicted molar refractivity (Wildman–Crippen MR) is 500 cm³/mol. The maximum Gasteiger partial charge on any atom is 0.231 e. The number of anilines is 8. The fourth-order valence-electron chi connectivity index (χ4n) is 16.5. The number of aromatic nitrogens is 16. The van der Waals surface area contributed by atoms with Crippen molar-refractivity contribution in [2.75, 3.05) is 121 Å². The lowest BCUT2D eigenvalue weighted by molar-refractivity contribution is 0.0992. The Morgan fingerprint density at radius 1 is 0.365 bits per heavy atom. The van der Waals surface area contributed by atoms with E-state index >= 15 is 0 Å². The summed E-state index contributed by atoms with van der Waals surface area (Å²) in [5.74, 6) is 6.42. The minimum atomic E-state index is -0.194. The second-order valence-corrected chi connectivity index (χ2v) is 32.5. The molecule has 4 aliphatic rings. The van der Waals surface area contributed by atoms with Crippen LogP contribution in [0.2, 0.25) is 0 Å². The van der Waals surface area contributed by atoms with Crippen molar-refractivity contribution < 1.29 is 25.2 Å². The highest BCUT2D eigenvalue weighted by Gasteiger charge is 2.28. The first-order valence-electron chi connectivity index (χ1n) is 44.9. The molecule has 0 radical (unpaired) electrons. The van der Waals surface area contributed by atoms with Crippen LogP contribution in [0.5, 0.6) is 0 Å². The van der Waals surface area contributed by atoms with Crippen molar-refractivity contribution in [3.8, 4) is 67.8 Å². The molecule has 4 saturated carbocycles. The number of nitrogens with one attached hydrogen (secondary N) is 9. The lowest BCUT2D eigenvalue weighted by Crippen LogP contribution is -2.28. The molecule has 664 valence electrons. The summed E-state index contributed by atoms with van der Waals surface area (Å²) in [5, 5.41) is 86.8. The van der Waals surface area contributed by atoms with Crippen molar-refractivity contribution in [3.05, 3.63) is 205 Å². The quantitative estimate of drug-likeness (QED) is 0.0130. The van der Waals surface area contributed by atoms with E-state index in [-0.39, 0.29) is 32.0 Å². The van der Waals surface area contributed by atoms with E-state index in [2.05, 4.69) is 100 Å². The largest absolute Gasteiger partial charge is 0.396 e. The highest BCUT2D eigenvalue weighted by molar-refractivity contribution is 5.80. The molecular formula is C95H124N26O5. The lowest BCUT2D eigenvalue weighted by Gasteiger charge is -2.26. The third-order valence-corrected chi connectivity index (χ3v) is 23.2. The Bertz CT molecular complexity index is 5150. The predicted octanol–water partition coefficient (Wildman–Crippen LogP) is 15.3. The fraction of sp³-hybridized carbons (Fsp3) is 0.442. The van der Waals surface area contributed by atoms with Gasteiger partial charge >= 0.3 is 0 Å². The smallest absolute Gasteiger partial charge is 0.231 e. The molecule has 4 aliphatic carbocycles. The van der Waals surface area contributed by atoms with Crippen molar-refractivity contribution in [2.24, 2.45) is 5.92 Å². The molecule has 0 bridgehead atoms. The molecule has 8 aromatic heterocycles. The molecule has 0 amide bonds. The molecular weight excluding hydrogens is 1590 g/mol. The van der Waals surface area contributed by atoms with Crippen molar-refractivity contribution in [3.63, 3.8) is 0 Å². The van der Waals surface area contributed by atoms with Gasteiger partial charge in [0, 0.05) is 88.3 Å². The summed E-state index contributed by atoms with van der Waals surface area (Å²) in [5.41, 5.74) is 15.0. The average molecular weight is 1710 g/mol. The summed E-state index contributed by atoms with van der Waals surface area (Å²) in [6, 6.07) is 49.5. The van der Waals surface area contributed by atoms with Gasteiger partial charge in [-0.3, -0.25) is 0 Å². The minimum Gasteiger partial charge on any atom is -0.396 e. The monoisotopic (exact) mass is 1710 g/mol. The van der Waals surface area contributed by atoms with Crippen LogP contribution >= 0.6 is 0 Å². The Morgan fingerprint density at radius 3 is 1.04 bits per heavy atom. The second-order valence-electron chi connectivity index (χ2n) is 32.5. The summed E-state index contributed by atoms with van der Waals surface area (Å²) in [7, 11) is 0. The van der Waals surface area contributed by atoms with Crippen LogP contribution in [0.3, 0.4) is 0 Å². The van der Waals surface area contributed by atoms with Gasteiger partial charge in [0.1, 0.15) is 0 Å². The van der Waals surface area contributed by atoms with Crippen molar-refractivity contribution in [1.29, 1.82) is 0 Å². The molecule has 0 atom stereocenters. The molecule has 4 aromatic carbocycles. The fourth-order valence-corrected chi connectivity index (χ4v) is 16.5. The van der Waals surface area contributed by atoms with Crippen LogP contribution in [0.25, 0.3) is 72.6 Å². The second kappa shape index (κ2) is 47.7.